The highest BCUT2D eigenvalue weighted by atomic mass is 19.4. The molecular formula is C19H23F3N2O2. The van der Waals surface area contributed by atoms with Crippen LogP contribution in [0.5, 0.6) is 0 Å². The lowest BCUT2D eigenvalue weighted by Crippen LogP contribution is -2.45. The summed E-state index contributed by atoms with van der Waals surface area (Å²) in [6.45, 7) is 10.1. The van der Waals surface area contributed by atoms with Crippen molar-refractivity contribution in [2.75, 3.05) is 0 Å². The largest absolute Gasteiger partial charge is 0.444 e. The lowest BCUT2D eigenvalue weighted by Gasteiger charge is -2.33. The number of carbonyl (C=O) groups excluding carboxylic acids is 1. The van der Waals surface area contributed by atoms with Crippen LogP contribution in [0, 0.1) is 5.41 Å². The fourth-order valence-corrected chi connectivity index (χ4v) is 3.05. The van der Waals surface area contributed by atoms with Crippen molar-refractivity contribution in [3.63, 3.8) is 0 Å². The predicted octanol–water partition coefficient (Wildman–Crippen LogP) is 5.31. The summed E-state index contributed by atoms with van der Waals surface area (Å²) < 4.78 is 43.1. The van der Waals surface area contributed by atoms with Gasteiger partial charge < -0.3 is 9.73 Å². The third-order valence-electron chi connectivity index (χ3n) is 3.62. The number of oxazole rings is 1. The molecule has 0 fully saturated rings. The van der Waals surface area contributed by atoms with Crippen LogP contribution in [-0.4, -0.2) is 16.4 Å². The van der Waals surface area contributed by atoms with Gasteiger partial charge in [0.25, 0.3) is 5.91 Å². The van der Waals surface area contributed by atoms with Gasteiger partial charge in [0, 0.05) is 11.1 Å². The maximum Gasteiger partial charge on any atom is 0.416 e. The molecule has 0 aliphatic heterocycles. The third-order valence-corrected chi connectivity index (χ3v) is 3.62. The zero-order valence-electron chi connectivity index (χ0n) is 15.5. The van der Waals surface area contributed by atoms with Crippen LogP contribution in [0.3, 0.4) is 0 Å². The number of alkyl halides is 3. The maximum atomic E-state index is 12.6. The van der Waals surface area contributed by atoms with E-state index in [2.05, 4.69) is 31.1 Å². The summed E-state index contributed by atoms with van der Waals surface area (Å²) in [6.07, 6.45) is -2.44. The number of hydrogen-bond donors (Lipinski definition) is 1. The minimum atomic E-state index is -4.40. The summed E-state index contributed by atoms with van der Waals surface area (Å²) in [5, 5.41) is 2.91. The van der Waals surface area contributed by atoms with E-state index in [0.717, 1.165) is 18.6 Å². The molecule has 0 aliphatic rings. The van der Waals surface area contributed by atoms with Crippen LogP contribution < -0.4 is 5.32 Å². The molecule has 1 aromatic heterocycles. The number of nitrogens with zero attached hydrogens (tertiary/aromatic N) is 1. The molecule has 142 valence electrons. The van der Waals surface area contributed by atoms with Gasteiger partial charge in [-0.2, -0.15) is 13.2 Å². The highest BCUT2D eigenvalue weighted by Crippen LogP contribution is 2.31. The van der Waals surface area contributed by atoms with Gasteiger partial charge in [-0.1, -0.05) is 20.8 Å². The molecule has 4 nitrogen and oxygen atoms in total. The molecule has 0 atom stereocenters. The molecule has 0 aliphatic carbocycles. The van der Waals surface area contributed by atoms with E-state index in [4.69, 9.17) is 4.42 Å². The number of rotatable bonds is 4. The Bertz CT molecular complexity index is 769. The van der Waals surface area contributed by atoms with Crippen LogP contribution in [0.4, 0.5) is 13.2 Å². The molecule has 1 N–H and O–H groups in total. The molecule has 26 heavy (non-hydrogen) atoms. The number of hydrogen-bond acceptors (Lipinski definition) is 3. The zero-order chi connectivity index (χ0) is 19.8. The van der Waals surface area contributed by atoms with Crippen LogP contribution in [-0.2, 0) is 6.18 Å². The molecule has 1 amide bonds. The first-order valence-electron chi connectivity index (χ1n) is 8.23. The molecule has 0 saturated carbocycles. The highest BCUT2D eigenvalue weighted by Gasteiger charge is 2.30. The van der Waals surface area contributed by atoms with Crippen molar-refractivity contribution in [2.24, 2.45) is 5.41 Å². The lowest BCUT2D eigenvalue weighted by atomic mass is 9.82. The summed E-state index contributed by atoms with van der Waals surface area (Å²) >= 11 is 0. The normalized spacial score (nSPS) is 12.9. The maximum absolute atomic E-state index is 12.6. The Morgan fingerprint density at radius 3 is 2.15 bits per heavy atom. The average molecular weight is 368 g/mol. The molecule has 7 heteroatoms. The van der Waals surface area contributed by atoms with Crippen molar-refractivity contribution in [3.05, 3.63) is 41.8 Å². The summed E-state index contributed by atoms with van der Waals surface area (Å²) in [4.78, 5) is 16.5. The smallest absolute Gasteiger partial charge is 0.416 e. The van der Waals surface area contributed by atoms with Gasteiger partial charge in [-0.3, -0.25) is 4.79 Å². The molecule has 0 radical (unpaired) electrons. The second-order valence-corrected chi connectivity index (χ2v) is 8.19. The Hall–Kier alpha value is -2.31. The van der Waals surface area contributed by atoms with Crippen LogP contribution in [0.15, 0.2) is 34.9 Å². The first-order chi connectivity index (χ1) is 11.8. The first-order valence-corrected chi connectivity index (χ1v) is 8.23. The number of amides is 1. The first kappa shape index (κ1) is 20.0. The second kappa shape index (κ2) is 6.78. The number of aromatic nitrogens is 1. The van der Waals surface area contributed by atoms with Gasteiger partial charge in [-0.25, -0.2) is 4.98 Å². The Kier molecular flexibility index (Phi) is 5.21. The van der Waals surface area contributed by atoms with Gasteiger partial charge in [0.1, 0.15) is 6.26 Å². The van der Waals surface area contributed by atoms with Crippen LogP contribution in [0.25, 0.3) is 11.5 Å². The SMILES string of the molecule is CC(C)(C)CC(C)(C)NC(=O)c1coc(-c2ccc(C(F)(F)F)cc2)n1. The number of nitrogens with one attached hydrogen (secondary N) is 1. The molecule has 2 aromatic rings. The molecule has 0 spiro atoms. The summed E-state index contributed by atoms with van der Waals surface area (Å²) in [5.74, 6) is -0.293. The monoisotopic (exact) mass is 368 g/mol. The van der Waals surface area contributed by atoms with E-state index in [0.29, 0.717) is 5.56 Å². The van der Waals surface area contributed by atoms with Gasteiger partial charge in [-0.15, -0.1) is 0 Å². The van der Waals surface area contributed by atoms with Gasteiger partial charge in [0.05, 0.1) is 5.56 Å². The molecular weight excluding hydrogens is 345 g/mol. The van der Waals surface area contributed by atoms with Crippen molar-refractivity contribution >= 4 is 5.91 Å². The molecule has 0 saturated heterocycles. The van der Waals surface area contributed by atoms with Gasteiger partial charge in [-0.05, 0) is 49.9 Å². The average Bonchev–Trinajstić information content (AvgIpc) is 2.93. The Labute approximate surface area is 150 Å². The minimum absolute atomic E-state index is 0.0337. The zero-order valence-corrected chi connectivity index (χ0v) is 15.5. The fourth-order valence-electron chi connectivity index (χ4n) is 3.05. The van der Waals surface area contributed by atoms with Crippen LogP contribution >= 0.6 is 0 Å². The standard InChI is InChI=1S/C19H23F3N2O2/c1-17(2,3)11-18(4,5)24-15(25)14-10-26-16(23-14)12-6-8-13(9-7-12)19(20,21)22/h6-10H,11H2,1-5H3,(H,24,25). The van der Waals surface area contributed by atoms with Crippen molar-refractivity contribution < 1.29 is 22.4 Å². The highest BCUT2D eigenvalue weighted by molar-refractivity contribution is 5.92. The van der Waals surface area contributed by atoms with E-state index in [9.17, 15) is 18.0 Å². The van der Waals surface area contributed by atoms with Gasteiger partial charge in [0.2, 0.25) is 5.89 Å². The minimum Gasteiger partial charge on any atom is -0.444 e. The van der Waals surface area contributed by atoms with Crippen molar-refractivity contribution in [1.29, 1.82) is 0 Å². The van der Waals surface area contributed by atoms with E-state index in [1.807, 2.05) is 13.8 Å². The van der Waals surface area contributed by atoms with Crippen LogP contribution in [0.1, 0.15) is 57.1 Å². The van der Waals surface area contributed by atoms with E-state index in [1.165, 1.54) is 18.4 Å². The van der Waals surface area contributed by atoms with Crippen molar-refractivity contribution in [1.82, 2.24) is 10.3 Å². The predicted molar refractivity (Wildman–Crippen MR) is 92.6 cm³/mol. The van der Waals surface area contributed by atoms with E-state index in [1.54, 1.807) is 0 Å². The summed E-state index contributed by atoms with van der Waals surface area (Å²) in [6, 6.07) is 4.43. The Balaban J connectivity index is 2.13. The second-order valence-electron chi connectivity index (χ2n) is 8.19. The quantitative estimate of drug-likeness (QED) is 0.796. The molecule has 0 unspecified atom stereocenters. The topological polar surface area (TPSA) is 55.1 Å². The summed E-state index contributed by atoms with van der Waals surface area (Å²) in [5.41, 5.74) is -0.711. The fraction of sp³-hybridized carbons (Fsp3) is 0.474. The number of benzene rings is 1. The number of carbonyl (C=O) groups is 1. The Morgan fingerprint density at radius 1 is 1.08 bits per heavy atom. The third kappa shape index (κ3) is 5.34. The van der Waals surface area contributed by atoms with Gasteiger partial charge >= 0.3 is 6.18 Å². The lowest BCUT2D eigenvalue weighted by molar-refractivity contribution is -0.137. The molecule has 1 heterocycles. The molecule has 0 bridgehead atoms. The molecule has 2 rings (SSSR count). The molecule has 1 aromatic carbocycles. The van der Waals surface area contributed by atoms with E-state index < -0.39 is 17.3 Å². The number of halogens is 3. The van der Waals surface area contributed by atoms with Gasteiger partial charge in [0.15, 0.2) is 5.69 Å². The summed E-state index contributed by atoms with van der Waals surface area (Å²) in [7, 11) is 0. The van der Waals surface area contributed by atoms with Crippen LogP contribution in [0.2, 0.25) is 0 Å². The van der Waals surface area contributed by atoms with E-state index >= 15 is 0 Å². The van der Waals surface area contributed by atoms with E-state index in [-0.39, 0.29) is 22.9 Å². The Morgan fingerprint density at radius 2 is 1.65 bits per heavy atom. The van der Waals surface area contributed by atoms with Crippen molar-refractivity contribution in [3.8, 4) is 11.5 Å². The van der Waals surface area contributed by atoms with Crippen molar-refractivity contribution in [2.45, 2.75) is 52.8 Å².